The number of aromatic nitrogens is 2. The zero-order valence-electron chi connectivity index (χ0n) is 20.5. The molecule has 2 aliphatic rings. The predicted molar refractivity (Wildman–Crippen MR) is 133 cm³/mol. The Hall–Kier alpha value is -3.55. The van der Waals surface area contributed by atoms with Crippen molar-refractivity contribution < 1.29 is 19.1 Å². The number of ether oxygens (including phenoxy) is 2. The van der Waals surface area contributed by atoms with Gasteiger partial charge in [0.05, 0.1) is 26.3 Å². The molecule has 1 N–H and O–H groups in total. The molecule has 0 bridgehead atoms. The van der Waals surface area contributed by atoms with Gasteiger partial charge in [-0.15, -0.1) is 0 Å². The smallest absolute Gasteiger partial charge is 0.271 e. The van der Waals surface area contributed by atoms with E-state index in [9.17, 15) is 9.59 Å². The van der Waals surface area contributed by atoms with Crippen LogP contribution in [0.25, 0.3) is 10.9 Å². The SMILES string of the molecule is COc1ccc(OC)c2c1cc1n2C[C@](C)(C(=O)NC2CCCCC2)N(Cc2cccnc2)C1=O. The minimum Gasteiger partial charge on any atom is -0.496 e. The number of benzene rings is 1. The van der Waals surface area contributed by atoms with Crippen LogP contribution in [0.3, 0.4) is 0 Å². The van der Waals surface area contributed by atoms with Crippen LogP contribution in [0.1, 0.15) is 55.1 Å². The molecule has 0 radical (unpaired) electrons. The lowest BCUT2D eigenvalue weighted by molar-refractivity contribution is -0.134. The number of nitrogens with one attached hydrogen (secondary N) is 1. The van der Waals surface area contributed by atoms with E-state index < -0.39 is 5.54 Å². The number of rotatable bonds is 6. The average Bonchev–Trinajstić information content (AvgIpc) is 3.26. The number of hydrogen-bond donors (Lipinski definition) is 1. The van der Waals surface area contributed by atoms with Gasteiger partial charge in [0, 0.05) is 30.4 Å². The van der Waals surface area contributed by atoms with Crippen LogP contribution in [0.2, 0.25) is 0 Å². The second kappa shape index (κ2) is 9.24. The summed E-state index contributed by atoms with van der Waals surface area (Å²) in [6.45, 7) is 2.46. The van der Waals surface area contributed by atoms with Crippen molar-refractivity contribution in [1.82, 2.24) is 19.8 Å². The third-order valence-corrected chi connectivity index (χ3v) is 7.44. The summed E-state index contributed by atoms with van der Waals surface area (Å²) in [5, 5.41) is 4.06. The molecule has 1 atom stereocenters. The summed E-state index contributed by atoms with van der Waals surface area (Å²) >= 11 is 0. The summed E-state index contributed by atoms with van der Waals surface area (Å²) in [7, 11) is 3.21. The zero-order chi connectivity index (χ0) is 24.6. The highest BCUT2D eigenvalue weighted by Gasteiger charge is 2.48. The monoisotopic (exact) mass is 476 g/mol. The number of pyridine rings is 1. The summed E-state index contributed by atoms with van der Waals surface area (Å²) in [4.78, 5) is 33.8. The molecule has 8 heteroatoms. The normalized spacial score (nSPS) is 20.5. The van der Waals surface area contributed by atoms with Crippen molar-refractivity contribution in [1.29, 1.82) is 0 Å². The molecule has 1 fully saturated rings. The molecular formula is C27H32N4O4. The van der Waals surface area contributed by atoms with Crippen molar-refractivity contribution >= 4 is 22.7 Å². The van der Waals surface area contributed by atoms with Crippen LogP contribution in [-0.2, 0) is 17.9 Å². The highest BCUT2D eigenvalue weighted by molar-refractivity contribution is 6.05. The third-order valence-electron chi connectivity index (χ3n) is 7.44. The molecule has 3 aromatic rings. The molecule has 1 aliphatic heterocycles. The molecule has 1 aliphatic carbocycles. The first-order valence-corrected chi connectivity index (χ1v) is 12.2. The molecule has 2 aromatic heterocycles. The van der Waals surface area contributed by atoms with Gasteiger partial charge < -0.3 is 24.3 Å². The fourth-order valence-corrected chi connectivity index (χ4v) is 5.46. The Kier molecular flexibility index (Phi) is 6.13. The van der Waals surface area contributed by atoms with Crippen LogP contribution in [0.5, 0.6) is 11.5 Å². The van der Waals surface area contributed by atoms with E-state index >= 15 is 0 Å². The van der Waals surface area contributed by atoms with Gasteiger partial charge in [-0.25, -0.2) is 0 Å². The Morgan fingerprint density at radius 1 is 1.14 bits per heavy atom. The molecule has 35 heavy (non-hydrogen) atoms. The molecule has 0 unspecified atom stereocenters. The maximum absolute atomic E-state index is 14.0. The number of methoxy groups -OCH3 is 2. The van der Waals surface area contributed by atoms with E-state index in [1.165, 1.54) is 6.42 Å². The van der Waals surface area contributed by atoms with Crippen LogP contribution in [-0.4, -0.2) is 52.1 Å². The predicted octanol–water partition coefficient (Wildman–Crippen LogP) is 3.92. The molecule has 2 amide bonds. The lowest BCUT2D eigenvalue weighted by atomic mass is 9.91. The van der Waals surface area contributed by atoms with Crippen LogP contribution in [0.4, 0.5) is 0 Å². The van der Waals surface area contributed by atoms with Crippen molar-refractivity contribution in [3.05, 3.63) is 54.0 Å². The first-order chi connectivity index (χ1) is 17.0. The highest BCUT2D eigenvalue weighted by Crippen LogP contribution is 2.40. The topological polar surface area (TPSA) is 85.7 Å². The maximum atomic E-state index is 14.0. The maximum Gasteiger partial charge on any atom is 0.271 e. The van der Waals surface area contributed by atoms with E-state index in [0.717, 1.165) is 42.1 Å². The molecule has 8 nitrogen and oxygen atoms in total. The summed E-state index contributed by atoms with van der Waals surface area (Å²) in [5.41, 5.74) is 1.04. The van der Waals surface area contributed by atoms with Gasteiger partial charge in [-0.2, -0.15) is 0 Å². The highest BCUT2D eigenvalue weighted by atomic mass is 16.5. The van der Waals surface area contributed by atoms with Gasteiger partial charge in [-0.05, 0) is 49.6 Å². The molecule has 3 heterocycles. The van der Waals surface area contributed by atoms with Crippen LogP contribution in [0, 0.1) is 0 Å². The molecule has 0 saturated heterocycles. The van der Waals surface area contributed by atoms with Crippen LogP contribution in [0.15, 0.2) is 42.7 Å². The lowest BCUT2D eigenvalue weighted by Crippen LogP contribution is -2.64. The quantitative estimate of drug-likeness (QED) is 0.583. The summed E-state index contributed by atoms with van der Waals surface area (Å²) < 4.78 is 13.1. The van der Waals surface area contributed by atoms with Gasteiger partial charge in [-0.1, -0.05) is 25.3 Å². The van der Waals surface area contributed by atoms with Gasteiger partial charge >= 0.3 is 0 Å². The van der Waals surface area contributed by atoms with Crippen molar-refractivity contribution in [2.45, 2.75) is 63.7 Å². The Morgan fingerprint density at radius 2 is 1.89 bits per heavy atom. The number of fused-ring (bicyclic) bond motifs is 3. The van der Waals surface area contributed by atoms with Gasteiger partial charge in [0.2, 0.25) is 5.91 Å². The van der Waals surface area contributed by atoms with E-state index in [2.05, 4.69) is 10.3 Å². The van der Waals surface area contributed by atoms with Crippen molar-refractivity contribution in [2.75, 3.05) is 14.2 Å². The summed E-state index contributed by atoms with van der Waals surface area (Å²) in [5.74, 6) is 0.955. The Bertz CT molecular complexity index is 1250. The fraction of sp³-hybridized carbons (Fsp3) is 0.444. The minimum atomic E-state index is -1.10. The van der Waals surface area contributed by atoms with Gasteiger partial charge in [0.1, 0.15) is 22.7 Å². The van der Waals surface area contributed by atoms with Crippen molar-refractivity contribution in [2.24, 2.45) is 0 Å². The number of amides is 2. The number of carbonyl (C=O) groups excluding carboxylic acids is 2. The molecule has 1 saturated carbocycles. The second-order valence-corrected chi connectivity index (χ2v) is 9.68. The number of carbonyl (C=O) groups is 2. The van der Waals surface area contributed by atoms with Crippen LogP contribution < -0.4 is 14.8 Å². The van der Waals surface area contributed by atoms with Crippen molar-refractivity contribution in [3.63, 3.8) is 0 Å². The largest absolute Gasteiger partial charge is 0.496 e. The number of hydrogen-bond acceptors (Lipinski definition) is 5. The first kappa shape index (κ1) is 23.2. The Labute approximate surface area is 205 Å². The minimum absolute atomic E-state index is 0.129. The summed E-state index contributed by atoms with van der Waals surface area (Å²) in [6.07, 6.45) is 8.82. The van der Waals surface area contributed by atoms with Crippen LogP contribution >= 0.6 is 0 Å². The lowest BCUT2D eigenvalue weighted by Gasteiger charge is -2.45. The standard InChI is InChI=1S/C27H32N4O4/c1-27(26(33)29-19-9-5-4-6-10-19)17-30-21(25(32)31(27)16-18-8-7-13-28-15-18)14-20-22(34-2)11-12-23(35-3)24(20)30/h7-8,11-15,19H,4-6,9-10,16-17H2,1-3H3,(H,29,33)/t27-/m1/s1. The Balaban J connectivity index is 1.62. The molecular weight excluding hydrogens is 444 g/mol. The molecule has 0 spiro atoms. The molecule has 184 valence electrons. The fourth-order valence-electron chi connectivity index (χ4n) is 5.46. The van der Waals surface area contributed by atoms with E-state index in [0.29, 0.717) is 23.7 Å². The number of nitrogens with zero attached hydrogens (tertiary/aromatic N) is 3. The van der Waals surface area contributed by atoms with Gasteiger partial charge in [0.25, 0.3) is 5.91 Å². The van der Waals surface area contributed by atoms with E-state index in [1.54, 1.807) is 31.5 Å². The van der Waals surface area contributed by atoms with Crippen molar-refractivity contribution in [3.8, 4) is 11.5 Å². The Morgan fingerprint density at radius 3 is 2.57 bits per heavy atom. The van der Waals surface area contributed by atoms with Gasteiger partial charge in [-0.3, -0.25) is 14.6 Å². The zero-order valence-corrected chi connectivity index (χ0v) is 20.5. The second-order valence-electron chi connectivity index (χ2n) is 9.68. The summed E-state index contributed by atoms with van der Waals surface area (Å²) in [6, 6.07) is 9.42. The molecule has 5 rings (SSSR count). The van der Waals surface area contributed by atoms with E-state index in [1.807, 2.05) is 41.8 Å². The van der Waals surface area contributed by atoms with E-state index in [-0.39, 0.29) is 24.4 Å². The van der Waals surface area contributed by atoms with E-state index in [4.69, 9.17) is 9.47 Å². The average molecular weight is 477 g/mol. The first-order valence-electron chi connectivity index (χ1n) is 12.2. The molecule has 1 aromatic carbocycles. The third kappa shape index (κ3) is 4.00. The van der Waals surface area contributed by atoms with Gasteiger partial charge in [0.15, 0.2) is 0 Å².